The first-order chi connectivity index (χ1) is 10.8. The summed E-state index contributed by atoms with van der Waals surface area (Å²) in [6.45, 7) is 1.65. The Bertz CT molecular complexity index is 852. The molecule has 0 radical (unpaired) electrons. The summed E-state index contributed by atoms with van der Waals surface area (Å²) < 4.78 is 10.3. The molecular weight excluding hydrogens is 304 g/mol. The Morgan fingerprint density at radius 1 is 1.13 bits per heavy atom. The van der Waals surface area contributed by atoms with Crippen molar-refractivity contribution in [2.24, 2.45) is 0 Å². The largest absolute Gasteiger partial charge is 0.508 e. The van der Waals surface area contributed by atoms with Gasteiger partial charge in [0.1, 0.15) is 23.0 Å². The van der Waals surface area contributed by atoms with Crippen LogP contribution >= 0.6 is 0 Å². The maximum Gasteiger partial charge on any atom is 0.339 e. The van der Waals surface area contributed by atoms with Crippen LogP contribution in [-0.2, 0) is 6.42 Å². The number of phenols is 1. The van der Waals surface area contributed by atoms with Gasteiger partial charge in [-0.1, -0.05) is 0 Å². The maximum absolute atomic E-state index is 12.3. The van der Waals surface area contributed by atoms with Crippen LogP contribution in [0.1, 0.15) is 28.1 Å². The second kappa shape index (κ2) is 5.13. The number of hydrogen-bond donors (Lipinski definition) is 3. The molecule has 0 saturated carbocycles. The minimum Gasteiger partial charge on any atom is -0.508 e. The molecule has 0 aliphatic carbocycles. The Morgan fingerprint density at radius 3 is 2.52 bits per heavy atom. The standard InChI is InChI=1S/C16H14O7/c1-8-2-9(17)4-13-15(8)12(19)7-16(21,23-13)6-11-3-10(18)5-14(20)22-11/h2-5,17-18,21H,6-7H2,1H3. The van der Waals surface area contributed by atoms with Crippen molar-refractivity contribution in [2.75, 3.05) is 0 Å². The predicted molar refractivity (Wildman–Crippen MR) is 77.7 cm³/mol. The smallest absolute Gasteiger partial charge is 0.339 e. The lowest BCUT2D eigenvalue weighted by Gasteiger charge is -2.33. The van der Waals surface area contributed by atoms with E-state index in [9.17, 15) is 24.9 Å². The highest BCUT2D eigenvalue weighted by Gasteiger charge is 2.40. The van der Waals surface area contributed by atoms with E-state index in [2.05, 4.69) is 0 Å². The number of carbonyl (C=O) groups is 1. The van der Waals surface area contributed by atoms with Gasteiger partial charge in [0, 0.05) is 12.1 Å². The molecule has 1 aliphatic heterocycles. The van der Waals surface area contributed by atoms with Gasteiger partial charge < -0.3 is 24.5 Å². The molecule has 1 unspecified atom stereocenters. The van der Waals surface area contributed by atoms with Crippen LogP contribution in [0.5, 0.6) is 17.2 Å². The van der Waals surface area contributed by atoms with E-state index in [1.807, 2.05) is 0 Å². The van der Waals surface area contributed by atoms with Gasteiger partial charge in [-0.2, -0.15) is 0 Å². The highest BCUT2D eigenvalue weighted by atomic mass is 16.6. The van der Waals surface area contributed by atoms with E-state index in [0.717, 1.165) is 12.1 Å². The first kappa shape index (κ1) is 15.1. The molecule has 7 heteroatoms. The molecule has 23 heavy (non-hydrogen) atoms. The molecule has 0 spiro atoms. The lowest BCUT2D eigenvalue weighted by atomic mass is 9.92. The minimum atomic E-state index is -1.94. The van der Waals surface area contributed by atoms with Crippen molar-refractivity contribution in [3.05, 3.63) is 51.6 Å². The van der Waals surface area contributed by atoms with Gasteiger partial charge in [0.25, 0.3) is 0 Å². The van der Waals surface area contributed by atoms with Crippen LogP contribution in [0, 0.1) is 6.92 Å². The van der Waals surface area contributed by atoms with Gasteiger partial charge in [-0.25, -0.2) is 4.79 Å². The predicted octanol–water partition coefficient (Wildman–Crippen LogP) is 1.26. The number of Topliss-reactive ketones (excluding diaryl/α,β-unsaturated/α-hetero) is 1. The van der Waals surface area contributed by atoms with Crippen LogP contribution in [0.4, 0.5) is 0 Å². The number of rotatable bonds is 2. The Balaban J connectivity index is 1.97. The molecule has 3 rings (SSSR count). The van der Waals surface area contributed by atoms with Crippen molar-refractivity contribution in [3.63, 3.8) is 0 Å². The van der Waals surface area contributed by atoms with Crippen LogP contribution in [0.3, 0.4) is 0 Å². The number of ketones is 1. The zero-order chi connectivity index (χ0) is 16.8. The van der Waals surface area contributed by atoms with E-state index in [1.54, 1.807) is 6.92 Å². The Labute approximate surface area is 130 Å². The summed E-state index contributed by atoms with van der Waals surface area (Å²) in [6.07, 6.45) is -0.651. The zero-order valence-corrected chi connectivity index (χ0v) is 12.2. The number of hydrogen-bond acceptors (Lipinski definition) is 7. The third kappa shape index (κ3) is 2.91. The van der Waals surface area contributed by atoms with Crippen molar-refractivity contribution < 1.29 is 29.3 Å². The molecule has 2 heterocycles. The summed E-state index contributed by atoms with van der Waals surface area (Å²) in [5, 5.41) is 29.6. The first-order valence-electron chi connectivity index (χ1n) is 6.87. The monoisotopic (exact) mass is 318 g/mol. The number of aryl methyl sites for hydroxylation is 1. The number of aromatic hydroxyl groups is 2. The molecule has 0 fully saturated rings. The average Bonchev–Trinajstić information content (AvgIpc) is 2.34. The lowest BCUT2D eigenvalue weighted by Crippen LogP contribution is -2.44. The fourth-order valence-corrected chi connectivity index (χ4v) is 2.73. The van der Waals surface area contributed by atoms with E-state index >= 15 is 0 Å². The van der Waals surface area contributed by atoms with Gasteiger partial charge in [0.15, 0.2) is 5.78 Å². The van der Waals surface area contributed by atoms with Crippen LogP contribution in [0.15, 0.2) is 33.5 Å². The highest BCUT2D eigenvalue weighted by Crippen LogP contribution is 2.38. The van der Waals surface area contributed by atoms with E-state index < -0.39 is 11.4 Å². The van der Waals surface area contributed by atoms with Crippen LogP contribution in [0.2, 0.25) is 0 Å². The Kier molecular flexibility index (Phi) is 3.37. The lowest BCUT2D eigenvalue weighted by molar-refractivity contribution is -0.140. The SMILES string of the molecule is Cc1cc(O)cc2c1C(=O)CC(O)(Cc1cc(O)cc(=O)o1)O2. The fraction of sp³-hybridized carbons (Fsp3) is 0.250. The Hall–Kier alpha value is -2.80. The summed E-state index contributed by atoms with van der Waals surface area (Å²) in [5.74, 6) is -2.66. The van der Waals surface area contributed by atoms with E-state index in [1.165, 1.54) is 12.1 Å². The second-order valence-electron chi connectivity index (χ2n) is 5.56. The maximum atomic E-state index is 12.3. The van der Waals surface area contributed by atoms with Crippen LogP contribution in [0.25, 0.3) is 0 Å². The molecular formula is C16H14O7. The first-order valence-corrected chi connectivity index (χ1v) is 6.87. The summed E-state index contributed by atoms with van der Waals surface area (Å²) in [5.41, 5.74) is 0.0559. The quantitative estimate of drug-likeness (QED) is 0.763. The van der Waals surface area contributed by atoms with Gasteiger partial charge in [0.2, 0.25) is 5.79 Å². The van der Waals surface area contributed by atoms with Crippen molar-refractivity contribution in [1.82, 2.24) is 0 Å². The summed E-state index contributed by atoms with van der Waals surface area (Å²) in [7, 11) is 0. The van der Waals surface area contributed by atoms with Gasteiger partial charge >= 0.3 is 5.63 Å². The number of carbonyl (C=O) groups excluding carboxylic acids is 1. The highest BCUT2D eigenvalue weighted by molar-refractivity contribution is 6.01. The number of aliphatic hydroxyl groups is 1. The summed E-state index contributed by atoms with van der Waals surface area (Å²) in [6, 6.07) is 4.72. The van der Waals surface area contributed by atoms with Gasteiger partial charge in [-0.05, 0) is 18.6 Å². The van der Waals surface area contributed by atoms with Gasteiger partial charge in [0.05, 0.1) is 24.5 Å². The van der Waals surface area contributed by atoms with E-state index in [-0.39, 0.29) is 41.6 Å². The summed E-state index contributed by atoms with van der Waals surface area (Å²) >= 11 is 0. The van der Waals surface area contributed by atoms with E-state index in [4.69, 9.17) is 9.15 Å². The topological polar surface area (TPSA) is 117 Å². The van der Waals surface area contributed by atoms with Crippen LogP contribution < -0.4 is 10.4 Å². The van der Waals surface area contributed by atoms with Crippen molar-refractivity contribution in [3.8, 4) is 17.2 Å². The molecule has 0 amide bonds. The van der Waals surface area contributed by atoms with Gasteiger partial charge in [-0.3, -0.25) is 4.79 Å². The third-order valence-electron chi connectivity index (χ3n) is 3.56. The molecule has 1 aromatic carbocycles. The molecule has 1 aromatic heterocycles. The molecule has 1 atom stereocenters. The van der Waals surface area contributed by atoms with Crippen molar-refractivity contribution in [1.29, 1.82) is 0 Å². The molecule has 120 valence electrons. The third-order valence-corrected chi connectivity index (χ3v) is 3.56. The Morgan fingerprint density at radius 2 is 1.83 bits per heavy atom. The molecule has 1 aliphatic rings. The van der Waals surface area contributed by atoms with E-state index in [0.29, 0.717) is 11.1 Å². The van der Waals surface area contributed by atoms with Gasteiger partial charge in [-0.15, -0.1) is 0 Å². The van der Waals surface area contributed by atoms with Crippen molar-refractivity contribution >= 4 is 5.78 Å². The molecule has 7 nitrogen and oxygen atoms in total. The minimum absolute atomic E-state index is 0.0226. The molecule has 0 saturated heterocycles. The zero-order valence-electron chi connectivity index (χ0n) is 12.2. The molecule has 2 aromatic rings. The number of benzene rings is 1. The second-order valence-corrected chi connectivity index (χ2v) is 5.56. The summed E-state index contributed by atoms with van der Waals surface area (Å²) in [4.78, 5) is 23.6. The molecule has 0 bridgehead atoms. The fourth-order valence-electron chi connectivity index (χ4n) is 2.73. The van der Waals surface area contributed by atoms with Crippen LogP contribution in [-0.4, -0.2) is 26.9 Å². The van der Waals surface area contributed by atoms with Crippen molar-refractivity contribution in [2.45, 2.75) is 25.6 Å². The number of ether oxygens (including phenoxy) is 1. The number of fused-ring (bicyclic) bond motifs is 1. The number of phenolic OH excluding ortho intramolecular Hbond substituents is 1. The molecule has 3 N–H and O–H groups in total. The normalized spacial score (nSPS) is 20.0. The average molecular weight is 318 g/mol.